The average Bonchev–Trinajstić information content (AvgIpc) is 2.71. The van der Waals surface area contributed by atoms with Crippen LogP contribution in [0.2, 0.25) is 0 Å². The molecule has 3 rings (SSSR count). The highest BCUT2D eigenvalue weighted by molar-refractivity contribution is 7.21. The molecule has 3 heterocycles. The normalized spacial score (nSPS) is 19.7. The van der Waals surface area contributed by atoms with Gasteiger partial charge in [0, 0.05) is 25.5 Å². The Morgan fingerprint density at radius 2 is 2.19 bits per heavy atom. The number of nitrogen functional groups attached to an aromatic ring is 1. The van der Waals surface area contributed by atoms with Gasteiger partial charge in [-0.3, -0.25) is 4.79 Å². The molecule has 21 heavy (non-hydrogen) atoms. The molecule has 1 amide bonds. The molecular weight excluding hydrogens is 284 g/mol. The molecule has 2 aromatic rings. The van der Waals surface area contributed by atoms with E-state index in [1.807, 2.05) is 4.90 Å². The SMILES string of the molecule is CCC1CCCN(C(=O)c2sc3nccnc3c2N)CC1. The van der Waals surface area contributed by atoms with Gasteiger partial charge in [0.05, 0.1) is 5.69 Å². The van der Waals surface area contributed by atoms with E-state index in [0.717, 1.165) is 36.7 Å². The molecule has 6 heteroatoms. The number of carbonyl (C=O) groups excluding carboxylic acids is 1. The molecule has 0 aliphatic carbocycles. The van der Waals surface area contributed by atoms with E-state index in [0.29, 0.717) is 16.1 Å². The first-order valence-corrected chi connectivity index (χ1v) is 8.30. The van der Waals surface area contributed by atoms with Crippen LogP contribution in [0.15, 0.2) is 12.4 Å². The summed E-state index contributed by atoms with van der Waals surface area (Å²) in [6.45, 7) is 3.87. The molecule has 1 aliphatic heterocycles. The van der Waals surface area contributed by atoms with E-state index in [-0.39, 0.29) is 5.91 Å². The lowest BCUT2D eigenvalue weighted by molar-refractivity contribution is 0.0766. The first-order chi connectivity index (χ1) is 10.2. The van der Waals surface area contributed by atoms with E-state index < -0.39 is 0 Å². The van der Waals surface area contributed by atoms with E-state index in [2.05, 4.69) is 16.9 Å². The molecule has 0 spiro atoms. The lowest BCUT2D eigenvalue weighted by Crippen LogP contribution is -2.31. The standard InChI is InChI=1S/C15H20N4OS/c1-2-10-4-3-8-19(9-5-10)15(20)13-11(16)12-14(21-13)18-7-6-17-12/h6-7,10H,2-5,8-9,16H2,1H3. The van der Waals surface area contributed by atoms with Gasteiger partial charge in [-0.2, -0.15) is 0 Å². The Hall–Kier alpha value is -1.69. The van der Waals surface area contributed by atoms with Crippen LogP contribution in [0, 0.1) is 5.92 Å². The van der Waals surface area contributed by atoms with Gasteiger partial charge in [0.1, 0.15) is 15.2 Å². The molecule has 1 atom stereocenters. The summed E-state index contributed by atoms with van der Waals surface area (Å²) in [5, 5.41) is 0. The van der Waals surface area contributed by atoms with Crippen LogP contribution in [0.5, 0.6) is 0 Å². The molecule has 1 unspecified atom stereocenters. The van der Waals surface area contributed by atoms with Crippen molar-refractivity contribution in [3.05, 3.63) is 17.3 Å². The largest absolute Gasteiger partial charge is 0.396 e. The van der Waals surface area contributed by atoms with Crippen molar-refractivity contribution in [2.75, 3.05) is 18.8 Å². The molecule has 0 saturated carbocycles. The smallest absolute Gasteiger partial charge is 0.266 e. The number of thiophene rings is 1. The average molecular weight is 304 g/mol. The minimum Gasteiger partial charge on any atom is -0.396 e. The molecule has 1 saturated heterocycles. The van der Waals surface area contributed by atoms with Gasteiger partial charge in [0.25, 0.3) is 5.91 Å². The van der Waals surface area contributed by atoms with Gasteiger partial charge in [-0.1, -0.05) is 13.3 Å². The van der Waals surface area contributed by atoms with E-state index in [1.165, 1.54) is 24.2 Å². The van der Waals surface area contributed by atoms with Crippen molar-refractivity contribution in [3.8, 4) is 0 Å². The van der Waals surface area contributed by atoms with Crippen molar-refractivity contribution in [2.45, 2.75) is 32.6 Å². The first kappa shape index (κ1) is 14.3. The van der Waals surface area contributed by atoms with Crippen LogP contribution >= 0.6 is 11.3 Å². The molecule has 0 radical (unpaired) electrons. The van der Waals surface area contributed by atoms with Crippen molar-refractivity contribution >= 4 is 33.3 Å². The summed E-state index contributed by atoms with van der Waals surface area (Å²) in [4.78, 5) is 24.5. The number of fused-ring (bicyclic) bond motifs is 1. The summed E-state index contributed by atoms with van der Waals surface area (Å²) in [6, 6.07) is 0. The van der Waals surface area contributed by atoms with Gasteiger partial charge in [-0.05, 0) is 25.2 Å². The number of aromatic nitrogens is 2. The second-order valence-electron chi connectivity index (χ2n) is 5.55. The number of hydrogen-bond donors (Lipinski definition) is 1. The number of likely N-dealkylation sites (tertiary alicyclic amines) is 1. The van der Waals surface area contributed by atoms with Crippen LogP contribution in [0.4, 0.5) is 5.69 Å². The highest BCUT2D eigenvalue weighted by Gasteiger charge is 2.25. The zero-order valence-electron chi connectivity index (χ0n) is 12.2. The van der Waals surface area contributed by atoms with Crippen LogP contribution in [0.25, 0.3) is 10.3 Å². The van der Waals surface area contributed by atoms with Gasteiger partial charge < -0.3 is 10.6 Å². The van der Waals surface area contributed by atoms with Crippen LogP contribution in [0.3, 0.4) is 0 Å². The summed E-state index contributed by atoms with van der Waals surface area (Å²) in [5.74, 6) is 0.778. The van der Waals surface area contributed by atoms with Crippen LogP contribution in [-0.4, -0.2) is 33.9 Å². The fourth-order valence-electron chi connectivity index (χ4n) is 2.92. The maximum absolute atomic E-state index is 12.7. The monoisotopic (exact) mass is 304 g/mol. The van der Waals surface area contributed by atoms with Gasteiger partial charge in [0.15, 0.2) is 0 Å². The van der Waals surface area contributed by atoms with E-state index in [1.54, 1.807) is 12.4 Å². The Labute approximate surface area is 128 Å². The Balaban J connectivity index is 1.85. The Morgan fingerprint density at radius 3 is 2.95 bits per heavy atom. The molecule has 5 nitrogen and oxygen atoms in total. The van der Waals surface area contributed by atoms with E-state index >= 15 is 0 Å². The summed E-state index contributed by atoms with van der Waals surface area (Å²) in [5.41, 5.74) is 7.22. The molecule has 112 valence electrons. The number of nitrogens with two attached hydrogens (primary N) is 1. The lowest BCUT2D eigenvalue weighted by Gasteiger charge is -2.20. The number of nitrogens with zero attached hydrogens (tertiary/aromatic N) is 3. The number of hydrogen-bond acceptors (Lipinski definition) is 5. The van der Waals surface area contributed by atoms with Crippen molar-refractivity contribution in [1.82, 2.24) is 14.9 Å². The molecule has 2 N–H and O–H groups in total. The number of rotatable bonds is 2. The molecule has 2 aromatic heterocycles. The third-order valence-electron chi connectivity index (χ3n) is 4.27. The second-order valence-corrected chi connectivity index (χ2v) is 6.55. The highest BCUT2D eigenvalue weighted by Crippen LogP contribution is 2.32. The molecular formula is C15H20N4OS. The number of amides is 1. The van der Waals surface area contributed by atoms with Gasteiger partial charge in [-0.15, -0.1) is 11.3 Å². The quantitative estimate of drug-likeness (QED) is 0.926. The maximum atomic E-state index is 12.7. The maximum Gasteiger partial charge on any atom is 0.266 e. The molecule has 0 bridgehead atoms. The van der Waals surface area contributed by atoms with Gasteiger partial charge in [-0.25, -0.2) is 9.97 Å². The van der Waals surface area contributed by atoms with E-state index in [4.69, 9.17) is 5.73 Å². The Morgan fingerprint density at radius 1 is 1.38 bits per heavy atom. The van der Waals surface area contributed by atoms with Gasteiger partial charge >= 0.3 is 0 Å². The summed E-state index contributed by atoms with van der Waals surface area (Å²) < 4.78 is 0. The third kappa shape index (κ3) is 2.72. The summed E-state index contributed by atoms with van der Waals surface area (Å²) >= 11 is 1.35. The van der Waals surface area contributed by atoms with Crippen molar-refractivity contribution in [2.24, 2.45) is 5.92 Å². The highest BCUT2D eigenvalue weighted by atomic mass is 32.1. The second kappa shape index (κ2) is 5.97. The zero-order valence-corrected chi connectivity index (χ0v) is 13.0. The Bertz CT molecular complexity index is 654. The third-order valence-corrected chi connectivity index (χ3v) is 5.36. The van der Waals surface area contributed by atoms with Crippen molar-refractivity contribution < 1.29 is 4.79 Å². The summed E-state index contributed by atoms with van der Waals surface area (Å²) in [6.07, 6.45) is 7.81. The lowest BCUT2D eigenvalue weighted by atomic mass is 9.98. The van der Waals surface area contributed by atoms with Crippen LogP contribution < -0.4 is 5.73 Å². The number of carbonyl (C=O) groups is 1. The van der Waals surface area contributed by atoms with Crippen molar-refractivity contribution in [1.29, 1.82) is 0 Å². The Kier molecular flexibility index (Phi) is 4.05. The molecule has 1 fully saturated rings. The van der Waals surface area contributed by atoms with Crippen LogP contribution in [-0.2, 0) is 0 Å². The minimum atomic E-state index is 0.0362. The number of anilines is 1. The molecule has 1 aliphatic rings. The van der Waals surface area contributed by atoms with Gasteiger partial charge in [0.2, 0.25) is 0 Å². The first-order valence-electron chi connectivity index (χ1n) is 7.49. The fourth-order valence-corrected chi connectivity index (χ4v) is 3.91. The molecule has 0 aromatic carbocycles. The predicted molar refractivity (Wildman–Crippen MR) is 85.4 cm³/mol. The van der Waals surface area contributed by atoms with Crippen molar-refractivity contribution in [3.63, 3.8) is 0 Å². The topological polar surface area (TPSA) is 72.1 Å². The summed E-state index contributed by atoms with van der Waals surface area (Å²) in [7, 11) is 0. The fraction of sp³-hybridized carbons (Fsp3) is 0.533. The minimum absolute atomic E-state index is 0.0362. The zero-order chi connectivity index (χ0) is 14.8. The van der Waals surface area contributed by atoms with E-state index in [9.17, 15) is 4.79 Å². The predicted octanol–water partition coefficient (Wildman–Crippen LogP) is 2.93. The van der Waals surface area contributed by atoms with Crippen LogP contribution in [0.1, 0.15) is 42.3 Å².